The molecule has 1 saturated carbocycles. The lowest BCUT2D eigenvalue weighted by Crippen LogP contribution is -2.64. The standard InChI is InChI=1S/C56H55BN2OS/c1-52(2,3)32-27-41-49-42(28-32)57-47-38(30-45-46(36-19-13-14-20-44(36)61-45)50(47)58(49)56(9)24-16-15-23-55(41,56)8)34-21-22-35-37-29-39-40(54(6,7)26-25-53(39,4)5)31-43(37)60-51(35)48(34)59(57)33-17-11-10-12-18-33/h10-14,17-22,27-31H,15-16,23-26H2,1-9H3. The Morgan fingerprint density at radius 2 is 1.34 bits per heavy atom. The lowest BCUT2D eigenvalue weighted by molar-refractivity contribution is 0.195. The van der Waals surface area contributed by atoms with Gasteiger partial charge in [0.05, 0.1) is 11.2 Å². The van der Waals surface area contributed by atoms with Crippen molar-refractivity contribution in [1.29, 1.82) is 0 Å². The lowest BCUT2D eigenvalue weighted by Gasteiger charge is -2.53. The van der Waals surface area contributed by atoms with E-state index in [-0.39, 0.29) is 34.0 Å². The predicted octanol–water partition coefficient (Wildman–Crippen LogP) is 14.6. The second-order valence-corrected chi connectivity index (χ2v) is 23.3. The Morgan fingerprint density at radius 1 is 0.623 bits per heavy atom. The molecule has 2 aromatic heterocycles. The largest absolute Gasteiger partial charge is 0.454 e. The number of para-hydroxylation sites is 1. The van der Waals surface area contributed by atoms with E-state index in [2.05, 4.69) is 169 Å². The second kappa shape index (κ2) is 11.5. The van der Waals surface area contributed by atoms with Crippen molar-refractivity contribution in [3.8, 4) is 11.1 Å². The van der Waals surface area contributed by atoms with Crippen LogP contribution in [0, 0.1) is 0 Å². The quantitative estimate of drug-likeness (QED) is 0.154. The van der Waals surface area contributed by atoms with E-state index in [4.69, 9.17) is 4.42 Å². The normalized spacial score (nSPS) is 23.1. The number of hydrogen-bond donors (Lipinski definition) is 0. The summed E-state index contributed by atoms with van der Waals surface area (Å²) in [6.45, 7) is 22.1. The predicted molar refractivity (Wildman–Crippen MR) is 262 cm³/mol. The van der Waals surface area contributed by atoms with E-state index in [9.17, 15) is 0 Å². The van der Waals surface area contributed by atoms with Crippen LogP contribution in [0.15, 0.2) is 101 Å². The van der Waals surface area contributed by atoms with Gasteiger partial charge in [0.15, 0.2) is 5.58 Å². The van der Waals surface area contributed by atoms with Crippen LogP contribution < -0.4 is 20.6 Å². The van der Waals surface area contributed by atoms with Crippen LogP contribution in [0.3, 0.4) is 0 Å². The monoisotopic (exact) mass is 814 g/mol. The van der Waals surface area contributed by atoms with Gasteiger partial charge in [-0.15, -0.1) is 11.3 Å². The summed E-state index contributed by atoms with van der Waals surface area (Å²) < 4.78 is 10.1. The van der Waals surface area contributed by atoms with Crippen LogP contribution in [-0.4, -0.2) is 12.4 Å². The third kappa shape index (κ3) is 4.47. The van der Waals surface area contributed by atoms with Crippen LogP contribution in [0.2, 0.25) is 0 Å². The number of benzene rings is 6. The van der Waals surface area contributed by atoms with E-state index < -0.39 is 0 Å². The van der Waals surface area contributed by atoms with E-state index in [1.165, 1.54) is 131 Å². The van der Waals surface area contributed by atoms with Gasteiger partial charge < -0.3 is 14.1 Å². The molecule has 0 radical (unpaired) electrons. The van der Waals surface area contributed by atoms with Gasteiger partial charge in [-0.25, -0.2) is 0 Å². The topological polar surface area (TPSA) is 19.6 Å². The zero-order chi connectivity index (χ0) is 41.7. The zero-order valence-electron chi connectivity index (χ0n) is 37.3. The average Bonchev–Trinajstić information content (AvgIpc) is 3.86. The molecular weight excluding hydrogens is 760 g/mol. The van der Waals surface area contributed by atoms with Crippen molar-refractivity contribution in [3.05, 3.63) is 119 Å². The molecule has 0 N–H and O–H groups in total. The third-order valence-corrected chi connectivity index (χ3v) is 18.1. The molecular formula is C56H55BN2OS. The van der Waals surface area contributed by atoms with Crippen LogP contribution in [0.5, 0.6) is 0 Å². The van der Waals surface area contributed by atoms with Crippen molar-refractivity contribution in [2.24, 2.45) is 0 Å². The summed E-state index contributed by atoms with van der Waals surface area (Å²) >= 11 is 1.96. The molecule has 0 saturated heterocycles. The van der Waals surface area contributed by atoms with Gasteiger partial charge in [-0.1, -0.05) is 123 Å². The summed E-state index contributed by atoms with van der Waals surface area (Å²) in [6, 6.07) is 38.1. The number of rotatable bonds is 1. The van der Waals surface area contributed by atoms with Gasteiger partial charge in [-0.3, -0.25) is 0 Å². The molecule has 2 unspecified atom stereocenters. The summed E-state index contributed by atoms with van der Waals surface area (Å²) in [5.41, 5.74) is 18.8. The minimum atomic E-state index is -0.0733. The number of nitrogens with zero attached hydrogens (tertiary/aromatic N) is 2. The van der Waals surface area contributed by atoms with Crippen LogP contribution >= 0.6 is 11.3 Å². The minimum Gasteiger partial charge on any atom is -0.454 e. The number of fused-ring (bicyclic) bond motifs is 16. The Morgan fingerprint density at radius 3 is 2.11 bits per heavy atom. The smallest absolute Gasteiger partial charge is 0.333 e. The second-order valence-electron chi connectivity index (χ2n) is 22.2. The first-order valence-electron chi connectivity index (χ1n) is 23.0. The summed E-state index contributed by atoms with van der Waals surface area (Å²) in [5, 5.41) is 5.24. The van der Waals surface area contributed by atoms with Crippen molar-refractivity contribution in [1.82, 2.24) is 0 Å². The zero-order valence-corrected chi connectivity index (χ0v) is 38.1. The molecule has 1 fully saturated rings. The molecule has 61 heavy (non-hydrogen) atoms. The Balaban J connectivity index is 1.23. The van der Waals surface area contributed by atoms with Crippen molar-refractivity contribution in [2.45, 2.75) is 128 Å². The SMILES string of the molecule is CC(C)(C)c1cc2c3c(c1)C1(C)CCCCC1(C)N3c1c3c(cc4sc5ccccc5c14)-c1ccc4c(oc5cc6c(cc54)C(C)(C)CCC6(C)C)c1N(c1ccccc1)B23. The molecule has 3 nitrogen and oxygen atoms in total. The number of anilines is 4. The first kappa shape index (κ1) is 36.6. The maximum atomic E-state index is 7.40. The highest BCUT2D eigenvalue weighted by atomic mass is 32.1. The van der Waals surface area contributed by atoms with E-state index in [0.717, 1.165) is 11.2 Å². The first-order valence-corrected chi connectivity index (χ1v) is 23.8. The highest BCUT2D eigenvalue weighted by molar-refractivity contribution is 7.26. The van der Waals surface area contributed by atoms with Gasteiger partial charge in [0.2, 0.25) is 0 Å². The van der Waals surface area contributed by atoms with E-state index in [1.54, 1.807) is 5.56 Å². The fourth-order valence-electron chi connectivity index (χ4n) is 13.2. The summed E-state index contributed by atoms with van der Waals surface area (Å²) in [4.78, 5) is 5.65. The van der Waals surface area contributed by atoms with Crippen molar-refractivity contribution in [2.75, 3.05) is 9.71 Å². The Kier molecular flexibility index (Phi) is 6.92. The molecule has 5 heteroatoms. The van der Waals surface area contributed by atoms with E-state index >= 15 is 0 Å². The first-order chi connectivity index (χ1) is 29.1. The van der Waals surface area contributed by atoms with E-state index in [0.29, 0.717) is 0 Å². The van der Waals surface area contributed by atoms with Crippen molar-refractivity contribution >= 4 is 94.0 Å². The molecule has 6 aromatic carbocycles. The molecule has 5 aliphatic rings. The van der Waals surface area contributed by atoms with Gasteiger partial charge >= 0.3 is 6.85 Å². The van der Waals surface area contributed by atoms with Crippen LogP contribution in [-0.2, 0) is 21.7 Å². The van der Waals surface area contributed by atoms with Gasteiger partial charge in [-0.05, 0) is 130 Å². The maximum Gasteiger partial charge on any atom is 0.333 e. The molecule has 0 bridgehead atoms. The number of furan rings is 1. The highest BCUT2D eigenvalue weighted by Gasteiger charge is 2.62. The van der Waals surface area contributed by atoms with Crippen molar-refractivity contribution in [3.63, 3.8) is 0 Å². The molecule has 8 aromatic rings. The number of thiophene rings is 1. The molecule has 304 valence electrons. The summed E-state index contributed by atoms with van der Waals surface area (Å²) in [5.74, 6) is 0. The summed E-state index contributed by atoms with van der Waals surface area (Å²) in [6.07, 6.45) is 7.26. The van der Waals surface area contributed by atoms with Gasteiger partial charge in [0.25, 0.3) is 0 Å². The van der Waals surface area contributed by atoms with Crippen LogP contribution in [0.1, 0.15) is 123 Å². The van der Waals surface area contributed by atoms with E-state index in [1.807, 2.05) is 11.3 Å². The Hall–Kier alpha value is -5.00. The molecule has 0 spiro atoms. The maximum absolute atomic E-state index is 7.40. The van der Waals surface area contributed by atoms with Gasteiger partial charge in [0.1, 0.15) is 5.58 Å². The van der Waals surface area contributed by atoms with Crippen molar-refractivity contribution < 1.29 is 4.42 Å². The molecule has 2 aliphatic carbocycles. The van der Waals surface area contributed by atoms with Gasteiger partial charge in [-0.2, -0.15) is 0 Å². The number of hydrogen-bond acceptors (Lipinski definition) is 4. The lowest BCUT2D eigenvalue weighted by atomic mass is 9.43. The van der Waals surface area contributed by atoms with Gasteiger partial charge in [0, 0.05) is 59.0 Å². The highest BCUT2D eigenvalue weighted by Crippen LogP contribution is 2.64. The minimum absolute atomic E-state index is 0.00204. The molecule has 13 rings (SSSR count). The Bertz CT molecular complexity index is 3250. The molecule has 3 aliphatic heterocycles. The summed E-state index contributed by atoms with van der Waals surface area (Å²) in [7, 11) is 0. The molecule has 5 heterocycles. The average molecular weight is 815 g/mol. The molecule has 0 amide bonds. The fourth-order valence-corrected chi connectivity index (χ4v) is 14.4. The van der Waals surface area contributed by atoms with Crippen LogP contribution in [0.25, 0.3) is 53.2 Å². The third-order valence-electron chi connectivity index (χ3n) is 17.0. The molecule has 2 atom stereocenters. The fraction of sp³-hybridized carbons (Fsp3) is 0.357. The van der Waals surface area contributed by atoms with Crippen LogP contribution in [0.4, 0.5) is 22.7 Å². The Labute approximate surface area is 364 Å².